The van der Waals surface area contributed by atoms with Gasteiger partial charge in [-0.15, -0.1) is 0 Å². The van der Waals surface area contributed by atoms with Gasteiger partial charge in [0.1, 0.15) is 11.6 Å². The molecule has 3 fully saturated rings. The molecule has 3 saturated heterocycles. The zero-order valence-electron chi connectivity index (χ0n) is 15.3. The molecule has 26 heavy (non-hydrogen) atoms. The third-order valence-corrected chi connectivity index (χ3v) is 5.93. The molecule has 0 amide bonds. The lowest BCUT2D eigenvalue weighted by molar-refractivity contribution is -0.351. The van der Waals surface area contributed by atoms with E-state index >= 15 is 0 Å². The molecule has 0 unspecified atom stereocenters. The van der Waals surface area contributed by atoms with Gasteiger partial charge in [0.25, 0.3) is 0 Å². The molecule has 0 aliphatic carbocycles. The number of halogens is 2. The molecule has 3 aliphatic rings. The summed E-state index contributed by atoms with van der Waals surface area (Å²) in [6.07, 6.45) is 4.22. The van der Waals surface area contributed by atoms with Gasteiger partial charge in [0.05, 0.1) is 13.2 Å². The molecule has 2 aromatic rings. The van der Waals surface area contributed by atoms with Crippen LogP contribution in [0.15, 0.2) is 36.4 Å². The van der Waals surface area contributed by atoms with Crippen molar-refractivity contribution in [3.05, 3.63) is 59.2 Å². The maximum absolute atomic E-state index is 13.8. The monoisotopic (exact) mass is 358 g/mol. The number of rotatable bonds is 4. The van der Waals surface area contributed by atoms with Crippen molar-refractivity contribution in [1.82, 2.24) is 0 Å². The fraction of sp³-hybridized carbons (Fsp3) is 0.455. The first-order valence-corrected chi connectivity index (χ1v) is 9.31. The van der Waals surface area contributed by atoms with Crippen molar-refractivity contribution in [1.29, 1.82) is 0 Å². The van der Waals surface area contributed by atoms with Gasteiger partial charge in [0, 0.05) is 23.0 Å². The lowest BCUT2D eigenvalue weighted by Gasteiger charge is -2.53. The maximum atomic E-state index is 13.8. The van der Waals surface area contributed by atoms with Crippen LogP contribution in [0.3, 0.4) is 0 Å². The van der Waals surface area contributed by atoms with Gasteiger partial charge in [0.15, 0.2) is 5.79 Å². The lowest BCUT2D eigenvalue weighted by atomic mass is 9.74. The first-order chi connectivity index (χ1) is 12.5. The van der Waals surface area contributed by atoms with E-state index in [4.69, 9.17) is 9.47 Å². The average Bonchev–Trinajstić information content (AvgIpc) is 2.67. The van der Waals surface area contributed by atoms with E-state index in [-0.39, 0.29) is 11.0 Å². The summed E-state index contributed by atoms with van der Waals surface area (Å²) >= 11 is 0. The van der Waals surface area contributed by atoms with E-state index in [1.165, 1.54) is 19.1 Å². The lowest BCUT2D eigenvalue weighted by Crippen LogP contribution is -2.53. The molecule has 0 aromatic heterocycles. The van der Waals surface area contributed by atoms with Gasteiger partial charge in [-0.1, -0.05) is 37.6 Å². The van der Waals surface area contributed by atoms with Crippen molar-refractivity contribution in [2.45, 2.75) is 45.3 Å². The zero-order valence-corrected chi connectivity index (χ0v) is 15.3. The minimum absolute atomic E-state index is 0.0473. The molecular weight excluding hydrogens is 334 g/mol. The Bertz CT molecular complexity index is 766. The molecule has 4 heteroatoms. The van der Waals surface area contributed by atoms with Crippen molar-refractivity contribution < 1.29 is 18.3 Å². The van der Waals surface area contributed by atoms with E-state index in [2.05, 4.69) is 6.92 Å². The Balaban J connectivity index is 1.58. The van der Waals surface area contributed by atoms with Gasteiger partial charge in [0.2, 0.25) is 0 Å². The number of hydrogen-bond acceptors (Lipinski definition) is 2. The van der Waals surface area contributed by atoms with Crippen LogP contribution in [0.1, 0.15) is 43.7 Å². The second kappa shape index (κ2) is 6.43. The van der Waals surface area contributed by atoms with Crippen LogP contribution < -0.4 is 0 Å². The van der Waals surface area contributed by atoms with E-state index < -0.39 is 17.4 Å². The molecule has 138 valence electrons. The van der Waals surface area contributed by atoms with E-state index in [0.717, 1.165) is 50.0 Å². The minimum atomic E-state index is -0.669. The average molecular weight is 358 g/mol. The molecule has 2 bridgehead atoms. The normalized spacial score (nSPS) is 27.7. The third-order valence-electron chi connectivity index (χ3n) is 5.93. The Morgan fingerprint density at radius 3 is 2.04 bits per heavy atom. The summed E-state index contributed by atoms with van der Waals surface area (Å²) in [7, 11) is 0. The topological polar surface area (TPSA) is 18.5 Å². The van der Waals surface area contributed by atoms with Crippen LogP contribution in [-0.2, 0) is 15.3 Å². The van der Waals surface area contributed by atoms with Crippen molar-refractivity contribution in [3.63, 3.8) is 0 Å². The molecule has 0 spiro atoms. The van der Waals surface area contributed by atoms with Crippen LogP contribution >= 0.6 is 0 Å². The van der Waals surface area contributed by atoms with E-state index in [0.29, 0.717) is 5.56 Å². The van der Waals surface area contributed by atoms with Gasteiger partial charge >= 0.3 is 0 Å². The predicted octanol–water partition coefficient (Wildman–Crippen LogP) is 5.72. The highest BCUT2D eigenvalue weighted by molar-refractivity contribution is 5.64. The summed E-state index contributed by atoms with van der Waals surface area (Å²) < 4.78 is 40.0. The molecule has 2 aromatic carbocycles. The van der Waals surface area contributed by atoms with Crippen LogP contribution in [0.4, 0.5) is 8.78 Å². The quantitative estimate of drug-likeness (QED) is 0.696. The fourth-order valence-electron chi connectivity index (χ4n) is 4.18. The Morgan fingerprint density at radius 1 is 0.923 bits per heavy atom. The van der Waals surface area contributed by atoms with Crippen molar-refractivity contribution in [3.8, 4) is 11.1 Å². The van der Waals surface area contributed by atoms with Gasteiger partial charge in [-0.2, -0.15) is 0 Å². The molecular formula is C22H24F2O2. The first-order valence-electron chi connectivity index (χ1n) is 9.31. The molecule has 0 saturated carbocycles. The highest BCUT2D eigenvalue weighted by Gasteiger charge is 2.51. The summed E-state index contributed by atoms with van der Waals surface area (Å²) in [5.74, 6) is -1.72. The number of ether oxygens (including phenoxy) is 2. The second-order valence-electron chi connectivity index (χ2n) is 7.72. The Kier molecular flexibility index (Phi) is 4.36. The van der Waals surface area contributed by atoms with E-state index in [1.54, 1.807) is 0 Å². The fourth-order valence-corrected chi connectivity index (χ4v) is 4.18. The highest BCUT2D eigenvalue weighted by atomic mass is 19.1. The first kappa shape index (κ1) is 17.6. The van der Waals surface area contributed by atoms with Gasteiger partial charge < -0.3 is 9.47 Å². The third kappa shape index (κ3) is 2.85. The molecule has 5 rings (SSSR count). The second-order valence-corrected chi connectivity index (χ2v) is 7.72. The predicted molar refractivity (Wildman–Crippen MR) is 96.7 cm³/mol. The van der Waals surface area contributed by atoms with Gasteiger partial charge in [-0.25, -0.2) is 8.78 Å². The van der Waals surface area contributed by atoms with Crippen LogP contribution in [0.5, 0.6) is 0 Å². The van der Waals surface area contributed by atoms with Crippen LogP contribution in [0.25, 0.3) is 11.1 Å². The Labute approximate surface area is 153 Å². The molecule has 0 atom stereocenters. The van der Waals surface area contributed by atoms with Crippen molar-refractivity contribution in [2.75, 3.05) is 13.2 Å². The van der Waals surface area contributed by atoms with Crippen LogP contribution in [0.2, 0.25) is 0 Å². The Hall–Kier alpha value is -1.78. The molecule has 0 N–H and O–H groups in total. The van der Waals surface area contributed by atoms with Crippen molar-refractivity contribution in [2.24, 2.45) is 5.41 Å². The Morgan fingerprint density at radius 2 is 1.54 bits per heavy atom. The molecule has 3 heterocycles. The molecule has 0 radical (unpaired) electrons. The summed E-state index contributed by atoms with van der Waals surface area (Å²) in [4.78, 5) is 0. The zero-order chi connectivity index (χ0) is 18.4. The smallest absolute Gasteiger partial charge is 0.194 e. The largest absolute Gasteiger partial charge is 0.345 e. The van der Waals surface area contributed by atoms with Crippen LogP contribution in [0, 0.1) is 24.0 Å². The van der Waals surface area contributed by atoms with E-state index in [9.17, 15) is 8.78 Å². The number of fused-ring (bicyclic) bond motifs is 3. The summed E-state index contributed by atoms with van der Waals surface area (Å²) in [5, 5.41) is 0. The number of hydrogen-bond donors (Lipinski definition) is 0. The van der Waals surface area contributed by atoms with Gasteiger partial charge in [-0.05, 0) is 43.0 Å². The molecule has 3 aliphatic heterocycles. The van der Waals surface area contributed by atoms with Crippen LogP contribution in [-0.4, -0.2) is 13.2 Å². The standard InChI is InChI=1S/C22H24F2O2/c1-3-8-21-9-10-22(25-13-21,26-14-21)18-6-4-16(5-7-18)17-11-19(23)15(2)20(24)12-17/h4-7,11-12H,3,8-10,13-14H2,1-2H3. The maximum Gasteiger partial charge on any atom is 0.194 e. The summed E-state index contributed by atoms with van der Waals surface area (Å²) in [5.41, 5.74) is 2.50. The molecule has 2 nitrogen and oxygen atoms in total. The summed E-state index contributed by atoms with van der Waals surface area (Å²) in [6, 6.07) is 10.4. The summed E-state index contributed by atoms with van der Waals surface area (Å²) in [6.45, 7) is 5.10. The minimum Gasteiger partial charge on any atom is -0.345 e. The van der Waals surface area contributed by atoms with Gasteiger partial charge in [-0.3, -0.25) is 0 Å². The van der Waals surface area contributed by atoms with E-state index in [1.807, 2.05) is 24.3 Å². The number of benzene rings is 2. The SMILES string of the molecule is CCCC12CCC(c3ccc(-c4cc(F)c(C)c(F)c4)cc3)(OC1)OC2. The highest BCUT2D eigenvalue weighted by Crippen LogP contribution is 2.51. The van der Waals surface area contributed by atoms with Crippen molar-refractivity contribution >= 4 is 0 Å².